The minimum absolute atomic E-state index is 0.102. The smallest absolute Gasteiger partial charge is 0.354 e. The molecular formula is C18H16N2O4. The summed E-state index contributed by atoms with van der Waals surface area (Å²) in [6.07, 6.45) is 0.461. The van der Waals surface area contributed by atoms with Gasteiger partial charge in [0.25, 0.3) is 0 Å². The zero-order chi connectivity index (χ0) is 16.5. The van der Waals surface area contributed by atoms with Crippen molar-refractivity contribution in [3.05, 3.63) is 48.5 Å². The normalized spacial score (nSPS) is 18.5. The first kappa shape index (κ1) is 14.6. The Hall–Kier alpha value is -3.02. The van der Waals surface area contributed by atoms with Crippen LogP contribution < -0.4 is 14.5 Å². The average molecular weight is 324 g/mol. The Bertz CT molecular complexity index is 818. The first-order chi connectivity index (χ1) is 11.8. The molecule has 0 aromatic heterocycles. The molecular weight excluding hydrogens is 308 g/mol. The van der Waals surface area contributed by atoms with Crippen molar-refractivity contribution in [1.82, 2.24) is 0 Å². The van der Waals surface area contributed by atoms with Crippen molar-refractivity contribution in [3.63, 3.8) is 0 Å². The molecule has 0 spiro atoms. The fraction of sp³-hybridized carbons (Fsp3) is 0.222. The SMILES string of the molecule is COC(=O)C1=NN2c3ccccc3Oc3ccccc3OCC2C1. The number of ether oxygens (including phenoxy) is 3. The van der Waals surface area contributed by atoms with E-state index in [0.717, 1.165) is 5.69 Å². The van der Waals surface area contributed by atoms with Gasteiger partial charge in [-0.05, 0) is 24.3 Å². The Balaban J connectivity index is 1.79. The zero-order valence-corrected chi connectivity index (χ0v) is 13.1. The maximum atomic E-state index is 11.9. The largest absolute Gasteiger partial charge is 0.487 e. The van der Waals surface area contributed by atoms with E-state index in [2.05, 4.69) is 5.10 Å². The quantitative estimate of drug-likeness (QED) is 0.755. The van der Waals surface area contributed by atoms with Gasteiger partial charge in [-0.25, -0.2) is 4.79 Å². The molecule has 2 heterocycles. The number of carbonyl (C=O) groups is 1. The van der Waals surface area contributed by atoms with Crippen LogP contribution in [0.25, 0.3) is 0 Å². The van der Waals surface area contributed by atoms with Crippen LogP contribution in [0.3, 0.4) is 0 Å². The van der Waals surface area contributed by atoms with Crippen molar-refractivity contribution in [3.8, 4) is 17.2 Å². The van der Waals surface area contributed by atoms with Gasteiger partial charge in [-0.3, -0.25) is 5.01 Å². The van der Waals surface area contributed by atoms with E-state index in [9.17, 15) is 4.79 Å². The third-order valence-electron chi connectivity index (χ3n) is 4.04. The minimum atomic E-state index is -0.418. The van der Waals surface area contributed by atoms with E-state index in [-0.39, 0.29) is 6.04 Å². The van der Waals surface area contributed by atoms with E-state index in [4.69, 9.17) is 14.2 Å². The molecule has 0 amide bonds. The number of methoxy groups -OCH3 is 1. The molecule has 0 fully saturated rings. The number of anilines is 1. The Morgan fingerprint density at radius 3 is 2.62 bits per heavy atom. The second-order valence-electron chi connectivity index (χ2n) is 5.57. The first-order valence-electron chi connectivity index (χ1n) is 7.70. The summed E-state index contributed by atoms with van der Waals surface area (Å²) >= 11 is 0. The standard InChI is InChI=1S/C18H16N2O4/c1-22-18(21)13-10-12-11-23-16-8-4-5-9-17(16)24-15-7-3-2-6-14(15)20(12)19-13/h2-9,12H,10-11H2,1H3. The van der Waals surface area contributed by atoms with Crippen molar-refractivity contribution in [1.29, 1.82) is 0 Å². The predicted molar refractivity (Wildman–Crippen MR) is 88.8 cm³/mol. The van der Waals surface area contributed by atoms with Gasteiger partial charge in [-0.2, -0.15) is 5.10 Å². The van der Waals surface area contributed by atoms with E-state index in [1.54, 1.807) is 5.01 Å². The van der Waals surface area contributed by atoms with Gasteiger partial charge < -0.3 is 14.2 Å². The summed E-state index contributed by atoms with van der Waals surface area (Å²) in [6.45, 7) is 0.388. The van der Waals surface area contributed by atoms with Gasteiger partial charge >= 0.3 is 5.97 Å². The van der Waals surface area contributed by atoms with E-state index in [1.165, 1.54) is 7.11 Å². The number of nitrogens with zero attached hydrogens (tertiary/aromatic N) is 2. The monoisotopic (exact) mass is 324 g/mol. The number of hydrogen-bond donors (Lipinski definition) is 0. The van der Waals surface area contributed by atoms with Crippen LogP contribution >= 0.6 is 0 Å². The van der Waals surface area contributed by atoms with Crippen molar-refractivity contribution < 1.29 is 19.0 Å². The molecule has 2 aliphatic rings. The van der Waals surface area contributed by atoms with Gasteiger partial charge in [0.15, 0.2) is 17.2 Å². The van der Waals surface area contributed by atoms with Crippen LogP contribution in [0.1, 0.15) is 6.42 Å². The third-order valence-corrected chi connectivity index (χ3v) is 4.04. The average Bonchev–Trinajstić information content (AvgIpc) is 3.05. The van der Waals surface area contributed by atoms with Crippen LogP contribution in [0.15, 0.2) is 53.6 Å². The zero-order valence-electron chi connectivity index (χ0n) is 13.1. The lowest BCUT2D eigenvalue weighted by Crippen LogP contribution is -2.32. The highest BCUT2D eigenvalue weighted by Crippen LogP contribution is 2.40. The molecule has 0 N–H and O–H groups in total. The highest BCUT2D eigenvalue weighted by atomic mass is 16.5. The molecule has 0 bridgehead atoms. The van der Waals surface area contributed by atoms with E-state index in [0.29, 0.717) is 36.0 Å². The predicted octanol–water partition coefficient (Wildman–Crippen LogP) is 2.98. The molecule has 0 saturated carbocycles. The third kappa shape index (κ3) is 2.46. The number of para-hydroxylation sites is 4. The van der Waals surface area contributed by atoms with Gasteiger partial charge in [0.2, 0.25) is 0 Å². The summed E-state index contributed by atoms with van der Waals surface area (Å²) < 4.78 is 16.8. The Morgan fingerprint density at radius 1 is 1.12 bits per heavy atom. The lowest BCUT2D eigenvalue weighted by Gasteiger charge is -2.23. The molecule has 24 heavy (non-hydrogen) atoms. The summed E-state index contributed by atoms with van der Waals surface area (Å²) in [5.74, 6) is 1.57. The molecule has 1 unspecified atom stereocenters. The Morgan fingerprint density at radius 2 is 1.83 bits per heavy atom. The molecule has 122 valence electrons. The second-order valence-corrected chi connectivity index (χ2v) is 5.57. The minimum Gasteiger partial charge on any atom is -0.487 e. The molecule has 6 nitrogen and oxygen atoms in total. The summed E-state index contributed by atoms with van der Waals surface area (Å²) in [4.78, 5) is 11.9. The maximum Gasteiger partial charge on any atom is 0.354 e. The number of benzene rings is 2. The molecule has 0 radical (unpaired) electrons. The molecule has 2 aromatic carbocycles. The lowest BCUT2D eigenvalue weighted by atomic mass is 10.1. The van der Waals surface area contributed by atoms with Gasteiger partial charge in [0.1, 0.15) is 18.0 Å². The number of hydrogen-bond acceptors (Lipinski definition) is 6. The molecule has 0 aliphatic carbocycles. The molecule has 6 heteroatoms. The van der Waals surface area contributed by atoms with E-state index in [1.807, 2.05) is 48.5 Å². The number of rotatable bonds is 1. The van der Waals surface area contributed by atoms with Crippen molar-refractivity contribution >= 4 is 17.4 Å². The summed E-state index contributed by atoms with van der Waals surface area (Å²) in [6, 6.07) is 15.0. The molecule has 0 saturated heterocycles. The fourth-order valence-electron chi connectivity index (χ4n) is 2.88. The molecule has 4 rings (SSSR count). The maximum absolute atomic E-state index is 11.9. The van der Waals surface area contributed by atoms with Gasteiger partial charge in [0.05, 0.1) is 13.2 Å². The first-order valence-corrected chi connectivity index (χ1v) is 7.70. The van der Waals surface area contributed by atoms with Crippen molar-refractivity contribution in [2.24, 2.45) is 5.10 Å². The topological polar surface area (TPSA) is 60.4 Å². The Labute approximate surface area is 139 Å². The second kappa shape index (κ2) is 5.88. The number of carbonyl (C=O) groups excluding carboxylic acids is 1. The summed E-state index contributed by atoms with van der Waals surface area (Å²) in [5, 5.41) is 6.23. The van der Waals surface area contributed by atoms with Crippen LogP contribution in [0, 0.1) is 0 Å². The summed E-state index contributed by atoms with van der Waals surface area (Å²) in [7, 11) is 1.36. The van der Waals surface area contributed by atoms with E-state index >= 15 is 0 Å². The van der Waals surface area contributed by atoms with Crippen molar-refractivity contribution in [2.75, 3.05) is 18.7 Å². The molecule has 2 aromatic rings. The van der Waals surface area contributed by atoms with Crippen LogP contribution in [-0.2, 0) is 9.53 Å². The number of hydrazone groups is 1. The van der Waals surface area contributed by atoms with Gasteiger partial charge in [0, 0.05) is 6.42 Å². The number of fused-ring (bicyclic) bond motifs is 4. The number of esters is 1. The van der Waals surface area contributed by atoms with E-state index < -0.39 is 5.97 Å². The lowest BCUT2D eigenvalue weighted by molar-refractivity contribution is -0.132. The fourth-order valence-corrected chi connectivity index (χ4v) is 2.88. The van der Waals surface area contributed by atoms with Crippen LogP contribution in [0.5, 0.6) is 17.2 Å². The van der Waals surface area contributed by atoms with Crippen LogP contribution in [0.2, 0.25) is 0 Å². The Kier molecular flexibility index (Phi) is 3.57. The van der Waals surface area contributed by atoms with Crippen LogP contribution in [0.4, 0.5) is 5.69 Å². The van der Waals surface area contributed by atoms with Gasteiger partial charge in [-0.1, -0.05) is 24.3 Å². The van der Waals surface area contributed by atoms with Crippen LogP contribution in [-0.4, -0.2) is 31.4 Å². The summed E-state index contributed by atoms with van der Waals surface area (Å²) in [5.41, 5.74) is 1.18. The van der Waals surface area contributed by atoms with Gasteiger partial charge in [-0.15, -0.1) is 0 Å². The highest BCUT2D eigenvalue weighted by molar-refractivity contribution is 6.37. The molecule has 2 aliphatic heterocycles. The highest BCUT2D eigenvalue weighted by Gasteiger charge is 2.34. The molecule has 1 atom stereocenters. The van der Waals surface area contributed by atoms with Crippen molar-refractivity contribution in [2.45, 2.75) is 12.5 Å².